The largest absolute Gasteiger partial charge is 1.00 e. The maximum absolute atomic E-state index is 13.1. The molecule has 0 amide bonds. The Morgan fingerprint density at radius 3 is 1.79 bits per heavy atom. The second kappa shape index (κ2) is 22.1. The van der Waals surface area contributed by atoms with Gasteiger partial charge in [0.1, 0.15) is 0 Å². The van der Waals surface area contributed by atoms with Crippen LogP contribution in [0.3, 0.4) is 0 Å². The van der Waals surface area contributed by atoms with Gasteiger partial charge in [0, 0.05) is 49.3 Å². The van der Waals surface area contributed by atoms with Crippen molar-refractivity contribution < 1.29 is 64.5 Å². The number of aromatic amines is 1. The maximum Gasteiger partial charge on any atom is 1.00 e. The molecule has 0 aliphatic heterocycles. The Hall–Kier alpha value is -4.56. The number of H-pyrrole nitrogens is 1. The van der Waals surface area contributed by atoms with Gasteiger partial charge in [-0.25, -0.2) is 9.97 Å². The molecule has 6 aromatic rings. The summed E-state index contributed by atoms with van der Waals surface area (Å²) in [6.07, 6.45) is 10.4. The summed E-state index contributed by atoms with van der Waals surface area (Å²) in [7, 11) is 2.08. The van der Waals surface area contributed by atoms with E-state index in [4.69, 9.17) is 31.9 Å². The summed E-state index contributed by atoms with van der Waals surface area (Å²) in [6.45, 7) is 0.675. The van der Waals surface area contributed by atoms with Gasteiger partial charge in [0.15, 0.2) is 23.0 Å². The van der Waals surface area contributed by atoms with Crippen molar-refractivity contribution in [1.29, 1.82) is 0 Å². The van der Waals surface area contributed by atoms with E-state index in [1.54, 1.807) is 68.7 Å². The SMILES string of the molecule is COc1cc(CCl)ccc1Oc1cccc(F)n1.COc1cc(Cn2ccnc2)ccc1Oc1cccc(F)n1.[2H]CF.[H-].[Na+].c1c[nH]cn1. The summed E-state index contributed by atoms with van der Waals surface area (Å²) in [4.78, 5) is 17.7. The molecule has 6 rings (SSSR count). The molecule has 48 heavy (non-hydrogen) atoms. The number of imidazole rings is 2. The van der Waals surface area contributed by atoms with Crippen LogP contribution in [-0.2, 0) is 12.4 Å². The van der Waals surface area contributed by atoms with Crippen LogP contribution in [0.5, 0.6) is 34.8 Å². The van der Waals surface area contributed by atoms with E-state index in [-0.39, 0.29) is 42.7 Å². The van der Waals surface area contributed by atoms with Gasteiger partial charge < -0.3 is 29.9 Å². The molecule has 1 N–H and O–H groups in total. The zero-order chi connectivity index (χ0) is 34.6. The van der Waals surface area contributed by atoms with Crippen LogP contribution in [0.25, 0.3) is 0 Å². The van der Waals surface area contributed by atoms with E-state index in [2.05, 4.69) is 24.9 Å². The smallest absolute Gasteiger partial charge is 1.00 e. The zero-order valence-corrected chi connectivity index (χ0v) is 29.2. The van der Waals surface area contributed by atoms with Crippen molar-refractivity contribution in [1.82, 2.24) is 29.5 Å². The molecule has 15 heteroatoms. The predicted octanol–water partition coefficient (Wildman–Crippen LogP) is 5.14. The van der Waals surface area contributed by atoms with E-state index in [1.807, 2.05) is 29.0 Å². The van der Waals surface area contributed by atoms with E-state index in [1.165, 1.54) is 31.4 Å². The molecular formula is C33H33ClF3N6NaO4. The van der Waals surface area contributed by atoms with Crippen molar-refractivity contribution in [2.45, 2.75) is 12.4 Å². The van der Waals surface area contributed by atoms with Crippen molar-refractivity contribution >= 4 is 11.6 Å². The molecule has 4 heterocycles. The number of pyridine rings is 2. The third-order valence-corrected chi connectivity index (χ3v) is 6.06. The minimum absolute atomic E-state index is 0. The van der Waals surface area contributed by atoms with Gasteiger partial charge in [0.05, 0.1) is 35.4 Å². The Labute approximate surface area is 306 Å². The van der Waals surface area contributed by atoms with Crippen LogP contribution in [0.1, 0.15) is 13.9 Å². The second-order valence-corrected chi connectivity index (χ2v) is 9.17. The number of benzene rings is 2. The van der Waals surface area contributed by atoms with Crippen LogP contribution in [0.15, 0.2) is 110 Å². The number of rotatable bonds is 9. The van der Waals surface area contributed by atoms with Gasteiger partial charge in [-0.15, -0.1) is 11.6 Å². The van der Waals surface area contributed by atoms with E-state index in [0.29, 0.717) is 35.4 Å². The summed E-state index contributed by atoms with van der Waals surface area (Å²) in [5.41, 5.74) is 1.95. The Bertz CT molecular complexity index is 1760. The van der Waals surface area contributed by atoms with Crippen LogP contribution < -0.4 is 48.5 Å². The van der Waals surface area contributed by atoms with E-state index >= 15 is 0 Å². The number of nitrogens with one attached hydrogen (secondary N) is 1. The first-order chi connectivity index (χ1) is 23.4. The van der Waals surface area contributed by atoms with E-state index < -0.39 is 19.0 Å². The Morgan fingerprint density at radius 1 is 0.812 bits per heavy atom. The number of halogens is 4. The molecule has 0 saturated heterocycles. The Kier molecular flexibility index (Phi) is 17.4. The fraction of sp³-hybridized carbons (Fsp3) is 0.152. The number of methoxy groups -OCH3 is 2. The van der Waals surface area contributed by atoms with Crippen LogP contribution in [-0.4, -0.2) is 50.9 Å². The first-order valence-electron chi connectivity index (χ1n) is 14.3. The van der Waals surface area contributed by atoms with E-state index in [0.717, 1.165) is 11.1 Å². The molecule has 0 radical (unpaired) electrons. The Balaban J connectivity index is 0.000000401. The fourth-order valence-corrected chi connectivity index (χ4v) is 3.86. The summed E-state index contributed by atoms with van der Waals surface area (Å²) >= 11 is 5.73. The number of nitrogens with zero attached hydrogens (tertiary/aromatic N) is 5. The van der Waals surface area contributed by atoms with Crippen LogP contribution in [0.4, 0.5) is 13.2 Å². The van der Waals surface area contributed by atoms with Crippen LogP contribution in [0.2, 0.25) is 0 Å². The minimum atomic E-state index is -1.00. The van der Waals surface area contributed by atoms with Crippen molar-refractivity contribution in [3.63, 3.8) is 0 Å². The quantitative estimate of drug-likeness (QED) is 0.126. The predicted molar refractivity (Wildman–Crippen MR) is 172 cm³/mol. The average Bonchev–Trinajstić information content (AvgIpc) is 3.85. The number of ether oxygens (including phenoxy) is 4. The molecule has 0 aliphatic rings. The summed E-state index contributed by atoms with van der Waals surface area (Å²) in [5, 5.41) is 0. The number of aromatic nitrogens is 6. The molecule has 0 aliphatic carbocycles. The van der Waals surface area contributed by atoms with Crippen molar-refractivity contribution in [2.24, 2.45) is 0 Å². The molecule has 248 valence electrons. The molecule has 0 atom stereocenters. The second-order valence-electron chi connectivity index (χ2n) is 8.90. The van der Waals surface area contributed by atoms with Gasteiger partial charge >= 0.3 is 29.6 Å². The number of hydrogen-bond donors (Lipinski definition) is 1. The summed E-state index contributed by atoms with van der Waals surface area (Å²) in [5.74, 6) is 1.58. The molecule has 0 spiro atoms. The first kappa shape index (κ1) is 37.9. The zero-order valence-electron chi connectivity index (χ0n) is 28.4. The van der Waals surface area contributed by atoms with Crippen molar-refractivity contribution in [3.05, 3.63) is 133 Å². The third kappa shape index (κ3) is 13.3. The van der Waals surface area contributed by atoms with Gasteiger partial charge in [-0.05, 0) is 47.5 Å². The van der Waals surface area contributed by atoms with Crippen molar-refractivity contribution in [2.75, 3.05) is 21.4 Å². The van der Waals surface area contributed by atoms with Gasteiger partial charge in [0.25, 0.3) is 0 Å². The summed E-state index contributed by atoms with van der Waals surface area (Å²) in [6, 6.07) is 19.6. The normalized spacial score (nSPS) is 9.83. The molecular weight excluding hydrogens is 660 g/mol. The number of hydrogen-bond acceptors (Lipinski definition) is 8. The number of alkyl halides is 2. The monoisotopic (exact) mass is 693 g/mol. The first-order valence-corrected chi connectivity index (χ1v) is 14.2. The minimum Gasteiger partial charge on any atom is -1.00 e. The van der Waals surface area contributed by atoms with E-state index in [9.17, 15) is 13.2 Å². The summed E-state index contributed by atoms with van der Waals surface area (Å²) < 4.78 is 65.0. The molecule has 4 aromatic heterocycles. The van der Waals surface area contributed by atoms with Gasteiger partial charge in [-0.1, -0.05) is 24.3 Å². The average molecular weight is 694 g/mol. The third-order valence-electron chi connectivity index (χ3n) is 5.75. The van der Waals surface area contributed by atoms with Crippen LogP contribution in [0, 0.1) is 11.9 Å². The standard InChI is InChI=1S/C16H14FN3O2.C13H11ClFNO2.C3H4N2.CH3F.Na.H/c1-21-14-9-12(10-20-8-7-18-11-20)5-6-13(14)22-16-4-2-3-15(17)19-16;1-17-11-7-9(8-14)5-6-10(11)18-13-4-2-3-12(15)16-13;1-2-5-3-4-1;1-2;;/h2-9,11H,10H2,1H3;2-7H,8H2,1H3;1-3H,(H,4,5);1H3;;/q;;;;+1;-1/i;;;1D;;. The molecule has 10 nitrogen and oxygen atoms in total. The van der Waals surface area contributed by atoms with Crippen LogP contribution >= 0.6 is 11.6 Å². The van der Waals surface area contributed by atoms with Gasteiger partial charge in [0.2, 0.25) is 23.7 Å². The Morgan fingerprint density at radius 2 is 1.38 bits per heavy atom. The topological polar surface area (TPSA) is 109 Å². The van der Waals surface area contributed by atoms with Crippen molar-refractivity contribution in [3.8, 4) is 34.8 Å². The molecule has 2 aromatic carbocycles. The fourth-order valence-electron chi connectivity index (χ4n) is 3.70. The molecule has 0 unspecified atom stereocenters. The van der Waals surface area contributed by atoms with Gasteiger partial charge in [-0.3, -0.25) is 4.39 Å². The molecule has 0 bridgehead atoms. The molecule has 0 saturated carbocycles. The maximum atomic E-state index is 13.1. The van der Waals surface area contributed by atoms with Gasteiger partial charge in [-0.2, -0.15) is 18.7 Å². The molecule has 0 fully saturated rings.